The average Bonchev–Trinajstić information content (AvgIpc) is 3.08. The highest BCUT2D eigenvalue weighted by atomic mass is 15.2. The first-order valence-electron chi connectivity index (χ1n) is 5.97. The van der Waals surface area contributed by atoms with Crippen LogP contribution in [0.5, 0.6) is 0 Å². The van der Waals surface area contributed by atoms with E-state index in [0.29, 0.717) is 5.92 Å². The Hall–Kier alpha value is -1.16. The maximum atomic E-state index is 5.51. The van der Waals surface area contributed by atoms with Gasteiger partial charge in [-0.3, -0.25) is 0 Å². The van der Waals surface area contributed by atoms with Crippen molar-refractivity contribution in [3.63, 3.8) is 0 Å². The number of anilines is 1. The number of hydrogen-bond donors (Lipinski definition) is 1. The van der Waals surface area contributed by atoms with Crippen molar-refractivity contribution in [2.45, 2.75) is 32.1 Å². The van der Waals surface area contributed by atoms with Crippen LogP contribution in [-0.2, 0) is 0 Å². The fourth-order valence-corrected chi connectivity index (χ4v) is 1.80. The van der Waals surface area contributed by atoms with Crippen molar-refractivity contribution < 1.29 is 0 Å². The van der Waals surface area contributed by atoms with Crippen LogP contribution in [0.1, 0.15) is 36.7 Å². The third kappa shape index (κ3) is 2.70. The molecule has 0 aliphatic heterocycles. The standard InChI is InChI=1S/C12H20N4/c1-9-14-11(10-4-5-10)8-12(15-9)16(2)7-3-6-13/h8,10H,3-7,13H2,1-2H3. The number of aromatic nitrogens is 2. The summed E-state index contributed by atoms with van der Waals surface area (Å²) in [5.74, 6) is 2.59. The zero-order valence-corrected chi connectivity index (χ0v) is 10.1. The molecule has 0 radical (unpaired) electrons. The summed E-state index contributed by atoms with van der Waals surface area (Å²) in [7, 11) is 2.06. The van der Waals surface area contributed by atoms with E-state index in [1.54, 1.807) is 0 Å². The molecule has 0 aromatic carbocycles. The Morgan fingerprint density at radius 1 is 1.44 bits per heavy atom. The van der Waals surface area contributed by atoms with Crippen molar-refractivity contribution in [1.82, 2.24) is 9.97 Å². The zero-order valence-electron chi connectivity index (χ0n) is 10.1. The van der Waals surface area contributed by atoms with E-state index >= 15 is 0 Å². The normalized spacial score (nSPS) is 15.2. The molecule has 1 aromatic rings. The molecule has 2 N–H and O–H groups in total. The first kappa shape index (κ1) is 11.3. The van der Waals surface area contributed by atoms with Crippen molar-refractivity contribution >= 4 is 5.82 Å². The second-order valence-corrected chi connectivity index (χ2v) is 4.54. The van der Waals surface area contributed by atoms with Crippen LogP contribution in [0.15, 0.2) is 6.07 Å². The summed E-state index contributed by atoms with van der Waals surface area (Å²) in [6, 6.07) is 2.13. The van der Waals surface area contributed by atoms with E-state index in [0.717, 1.165) is 31.2 Å². The monoisotopic (exact) mass is 220 g/mol. The summed E-state index contributed by atoms with van der Waals surface area (Å²) in [6.45, 7) is 3.65. The quantitative estimate of drug-likeness (QED) is 0.816. The molecule has 0 atom stereocenters. The Morgan fingerprint density at radius 2 is 2.19 bits per heavy atom. The molecule has 16 heavy (non-hydrogen) atoms. The first-order valence-corrected chi connectivity index (χ1v) is 5.97. The van der Waals surface area contributed by atoms with Crippen molar-refractivity contribution in [2.75, 3.05) is 25.0 Å². The van der Waals surface area contributed by atoms with E-state index < -0.39 is 0 Å². The van der Waals surface area contributed by atoms with Crippen LogP contribution in [0, 0.1) is 6.92 Å². The number of hydrogen-bond acceptors (Lipinski definition) is 4. The van der Waals surface area contributed by atoms with E-state index in [1.165, 1.54) is 18.5 Å². The predicted molar refractivity (Wildman–Crippen MR) is 65.7 cm³/mol. The lowest BCUT2D eigenvalue weighted by Crippen LogP contribution is -2.22. The Bertz CT molecular complexity index is 360. The minimum atomic E-state index is 0.684. The van der Waals surface area contributed by atoms with Gasteiger partial charge in [0.1, 0.15) is 11.6 Å². The molecule has 0 bridgehead atoms. The summed E-state index contributed by atoms with van der Waals surface area (Å²) < 4.78 is 0. The molecule has 1 aromatic heterocycles. The third-order valence-corrected chi connectivity index (χ3v) is 2.93. The van der Waals surface area contributed by atoms with Gasteiger partial charge < -0.3 is 10.6 Å². The summed E-state index contributed by atoms with van der Waals surface area (Å²) in [5.41, 5.74) is 6.72. The van der Waals surface area contributed by atoms with E-state index in [2.05, 4.69) is 28.0 Å². The summed E-state index contributed by atoms with van der Waals surface area (Å²) in [5, 5.41) is 0. The molecule has 0 unspecified atom stereocenters. The second-order valence-electron chi connectivity index (χ2n) is 4.54. The van der Waals surface area contributed by atoms with Gasteiger partial charge in [0.2, 0.25) is 0 Å². The molecule has 2 rings (SSSR count). The fourth-order valence-electron chi connectivity index (χ4n) is 1.80. The lowest BCUT2D eigenvalue weighted by molar-refractivity contribution is 0.778. The van der Waals surface area contributed by atoms with Gasteiger partial charge in [-0.15, -0.1) is 0 Å². The molecule has 4 heteroatoms. The Labute approximate surface area is 96.9 Å². The van der Waals surface area contributed by atoms with E-state index in [4.69, 9.17) is 5.73 Å². The fraction of sp³-hybridized carbons (Fsp3) is 0.667. The van der Waals surface area contributed by atoms with Crippen molar-refractivity contribution in [2.24, 2.45) is 5.73 Å². The highest BCUT2D eigenvalue weighted by molar-refractivity contribution is 5.40. The lowest BCUT2D eigenvalue weighted by Gasteiger charge is -2.18. The predicted octanol–water partition coefficient (Wildman–Crippen LogP) is 1.45. The molecule has 1 fully saturated rings. The van der Waals surface area contributed by atoms with Crippen LogP contribution >= 0.6 is 0 Å². The molecule has 88 valence electrons. The van der Waals surface area contributed by atoms with Crippen LogP contribution in [0.4, 0.5) is 5.82 Å². The van der Waals surface area contributed by atoms with Gasteiger partial charge in [-0.25, -0.2) is 9.97 Å². The van der Waals surface area contributed by atoms with Gasteiger partial charge in [0.05, 0.1) is 0 Å². The third-order valence-electron chi connectivity index (χ3n) is 2.93. The van der Waals surface area contributed by atoms with E-state index in [9.17, 15) is 0 Å². The topological polar surface area (TPSA) is 55.0 Å². The summed E-state index contributed by atoms with van der Waals surface area (Å²) in [4.78, 5) is 11.1. The van der Waals surface area contributed by atoms with Crippen LogP contribution in [0.25, 0.3) is 0 Å². The van der Waals surface area contributed by atoms with Gasteiger partial charge in [0, 0.05) is 31.3 Å². The number of nitrogens with zero attached hydrogens (tertiary/aromatic N) is 3. The van der Waals surface area contributed by atoms with E-state index in [-0.39, 0.29) is 0 Å². The van der Waals surface area contributed by atoms with Crippen LogP contribution in [0.3, 0.4) is 0 Å². The molecular weight excluding hydrogens is 200 g/mol. The Kier molecular flexibility index (Phi) is 3.39. The van der Waals surface area contributed by atoms with Gasteiger partial charge in [0.25, 0.3) is 0 Å². The number of nitrogens with two attached hydrogens (primary N) is 1. The van der Waals surface area contributed by atoms with Gasteiger partial charge in [-0.05, 0) is 32.7 Å². The molecule has 0 saturated heterocycles. The molecule has 0 amide bonds. The smallest absolute Gasteiger partial charge is 0.132 e. The number of rotatable bonds is 5. The minimum Gasteiger partial charge on any atom is -0.360 e. The van der Waals surface area contributed by atoms with Gasteiger partial charge in [-0.1, -0.05) is 0 Å². The zero-order chi connectivity index (χ0) is 11.5. The highest BCUT2D eigenvalue weighted by Gasteiger charge is 2.26. The Morgan fingerprint density at radius 3 is 2.81 bits per heavy atom. The lowest BCUT2D eigenvalue weighted by atomic mass is 10.2. The average molecular weight is 220 g/mol. The molecule has 1 heterocycles. The Balaban J connectivity index is 2.12. The summed E-state index contributed by atoms with van der Waals surface area (Å²) in [6.07, 6.45) is 3.56. The van der Waals surface area contributed by atoms with Crippen LogP contribution in [-0.4, -0.2) is 30.1 Å². The SMILES string of the molecule is Cc1nc(C2CC2)cc(N(C)CCCN)n1. The maximum absolute atomic E-state index is 5.51. The molecule has 1 saturated carbocycles. The van der Waals surface area contributed by atoms with Gasteiger partial charge in [-0.2, -0.15) is 0 Å². The van der Waals surface area contributed by atoms with Crippen LogP contribution in [0.2, 0.25) is 0 Å². The highest BCUT2D eigenvalue weighted by Crippen LogP contribution is 2.39. The van der Waals surface area contributed by atoms with E-state index in [1.807, 2.05) is 6.92 Å². The molecular formula is C12H20N4. The molecule has 4 nitrogen and oxygen atoms in total. The largest absolute Gasteiger partial charge is 0.360 e. The molecule has 0 spiro atoms. The van der Waals surface area contributed by atoms with Gasteiger partial charge in [0.15, 0.2) is 0 Å². The number of aryl methyl sites for hydroxylation is 1. The van der Waals surface area contributed by atoms with Crippen molar-refractivity contribution in [3.8, 4) is 0 Å². The van der Waals surface area contributed by atoms with Crippen molar-refractivity contribution in [1.29, 1.82) is 0 Å². The maximum Gasteiger partial charge on any atom is 0.132 e. The molecule has 1 aliphatic carbocycles. The molecule has 1 aliphatic rings. The minimum absolute atomic E-state index is 0.684. The van der Waals surface area contributed by atoms with Crippen molar-refractivity contribution in [3.05, 3.63) is 17.6 Å². The van der Waals surface area contributed by atoms with Gasteiger partial charge >= 0.3 is 0 Å². The summed E-state index contributed by atoms with van der Waals surface area (Å²) >= 11 is 0. The van der Waals surface area contributed by atoms with Crippen LogP contribution < -0.4 is 10.6 Å². The second kappa shape index (κ2) is 4.78. The first-order chi connectivity index (χ1) is 7.70.